The second-order valence-corrected chi connectivity index (χ2v) is 7.04. The summed E-state index contributed by atoms with van der Waals surface area (Å²) >= 11 is 0. The van der Waals surface area contributed by atoms with Crippen LogP contribution in [-0.2, 0) is 15.6 Å². The number of sulfone groups is 1. The Balaban J connectivity index is 3.24. The van der Waals surface area contributed by atoms with Gasteiger partial charge in [-0.05, 0) is 12.1 Å². The number of methoxy groups -OCH3 is 1. The molecule has 0 saturated carbocycles. The molecule has 0 spiro atoms. The predicted molar refractivity (Wildman–Crippen MR) is 74.3 cm³/mol. The molecule has 21 heavy (non-hydrogen) atoms. The number of ether oxygens (including phenoxy) is 2. The van der Waals surface area contributed by atoms with E-state index in [1.807, 2.05) is 0 Å². The van der Waals surface area contributed by atoms with Crippen LogP contribution in [0.15, 0.2) is 18.2 Å². The molecule has 0 heterocycles. The van der Waals surface area contributed by atoms with Gasteiger partial charge in [-0.15, -0.1) is 0 Å². The van der Waals surface area contributed by atoms with E-state index >= 15 is 0 Å². The second-order valence-electron chi connectivity index (χ2n) is 4.90. The first-order chi connectivity index (χ1) is 9.34. The van der Waals surface area contributed by atoms with Gasteiger partial charge in [-0.2, -0.15) is 0 Å². The summed E-state index contributed by atoms with van der Waals surface area (Å²) in [5, 5.41) is 28.6. The van der Waals surface area contributed by atoms with Gasteiger partial charge in [0.25, 0.3) is 0 Å². The first-order valence-electron chi connectivity index (χ1n) is 5.85. The zero-order chi connectivity index (χ0) is 16.5. The highest BCUT2D eigenvalue weighted by molar-refractivity contribution is 7.90. The van der Waals surface area contributed by atoms with Crippen LogP contribution in [0.3, 0.4) is 0 Å². The molecule has 1 aromatic carbocycles. The average Bonchev–Trinajstić information content (AvgIpc) is 2.23. The Morgan fingerprint density at radius 1 is 1.24 bits per heavy atom. The topological polar surface area (TPSA) is 139 Å². The van der Waals surface area contributed by atoms with Crippen molar-refractivity contribution in [3.05, 3.63) is 23.8 Å². The third-order valence-corrected chi connectivity index (χ3v) is 3.41. The summed E-state index contributed by atoms with van der Waals surface area (Å²) in [7, 11) is -2.21. The standard InChI is InChI=1S/C12H19NO7S/c1-11(14,15)20-10-6-8(4-5-9(10)19-2)12(13,16)7-21(3,17)18/h4-6,14-16H,7,13H2,1-3H3. The van der Waals surface area contributed by atoms with Crippen LogP contribution >= 0.6 is 0 Å². The molecule has 0 aliphatic heterocycles. The summed E-state index contributed by atoms with van der Waals surface area (Å²) in [6.45, 7) is 0.976. The third-order valence-electron chi connectivity index (χ3n) is 2.45. The molecule has 0 aliphatic carbocycles. The number of hydrogen-bond donors (Lipinski definition) is 4. The minimum Gasteiger partial charge on any atom is -0.493 e. The molecule has 1 rings (SSSR count). The second kappa shape index (κ2) is 5.78. The molecule has 0 aliphatic rings. The Bertz CT molecular complexity index is 605. The highest BCUT2D eigenvalue weighted by Gasteiger charge is 2.30. The van der Waals surface area contributed by atoms with Crippen molar-refractivity contribution in [1.82, 2.24) is 0 Å². The van der Waals surface area contributed by atoms with Crippen LogP contribution < -0.4 is 15.2 Å². The van der Waals surface area contributed by atoms with Crippen molar-refractivity contribution < 1.29 is 33.2 Å². The lowest BCUT2D eigenvalue weighted by atomic mass is 10.1. The van der Waals surface area contributed by atoms with Crippen molar-refractivity contribution >= 4 is 9.84 Å². The van der Waals surface area contributed by atoms with E-state index in [1.54, 1.807) is 0 Å². The molecule has 1 unspecified atom stereocenters. The fraction of sp³-hybridized carbons (Fsp3) is 0.500. The Morgan fingerprint density at radius 3 is 2.24 bits per heavy atom. The van der Waals surface area contributed by atoms with Gasteiger partial charge in [0.15, 0.2) is 27.1 Å². The lowest BCUT2D eigenvalue weighted by Crippen LogP contribution is -2.43. The van der Waals surface area contributed by atoms with Crippen LogP contribution in [0.4, 0.5) is 0 Å². The third kappa shape index (κ3) is 5.48. The maximum Gasteiger partial charge on any atom is 0.318 e. The molecule has 1 atom stereocenters. The van der Waals surface area contributed by atoms with Crippen molar-refractivity contribution in [1.29, 1.82) is 0 Å². The Kier molecular flexibility index (Phi) is 4.86. The Hall–Kier alpha value is -1.39. The van der Waals surface area contributed by atoms with Crippen LogP contribution in [0.1, 0.15) is 12.5 Å². The Labute approximate surface area is 122 Å². The molecule has 1 aromatic rings. The summed E-state index contributed by atoms with van der Waals surface area (Å²) in [6, 6.07) is 3.88. The van der Waals surface area contributed by atoms with Gasteiger partial charge in [0.05, 0.1) is 12.9 Å². The summed E-state index contributed by atoms with van der Waals surface area (Å²) in [5.41, 5.74) is 3.47. The monoisotopic (exact) mass is 321 g/mol. The molecule has 0 radical (unpaired) electrons. The van der Waals surface area contributed by atoms with Crippen molar-refractivity contribution in [2.24, 2.45) is 5.73 Å². The van der Waals surface area contributed by atoms with Gasteiger partial charge in [-0.1, -0.05) is 6.07 Å². The van der Waals surface area contributed by atoms with E-state index in [4.69, 9.17) is 15.2 Å². The first-order valence-corrected chi connectivity index (χ1v) is 7.91. The predicted octanol–water partition coefficient (Wildman–Crippen LogP) is -1.12. The average molecular weight is 321 g/mol. The van der Waals surface area contributed by atoms with E-state index in [1.165, 1.54) is 25.3 Å². The first kappa shape index (κ1) is 17.7. The van der Waals surface area contributed by atoms with Crippen LogP contribution in [0, 0.1) is 0 Å². The van der Waals surface area contributed by atoms with Gasteiger partial charge in [-0.25, -0.2) is 8.42 Å². The van der Waals surface area contributed by atoms with Crippen LogP contribution in [0.5, 0.6) is 11.5 Å². The summed E-state index contributed by atoms with van der Waals surface area (Å²) in [4.78, 5) is 0. The molecule has 120 valence electrons. The largest absolute Gasteiger partial charge is 0.493 e. The molecular weight excluding hydrogens is 302 g/mol. The van der Waals surface area contributed by atoms with Gasteiger partial charge >= 0.3 is 5.97 Å². The van der Waals surface area contributed by atoms with Gasteiger partial charge in [0.2, 0.25) is 0 Å². The lowest BCUT2D eigenvalue weighted by Gasteiger charge is -2.25. The maximum atomic E-state index is 11.3. The van der Waals surface area contributed by atoms with Crippen LogP contribution in [-0.4, -0.2) is 48.8 Å². The SMILES string of the molecule is COc1ccc(C(N)(O)CS(C)(=O)=O)cc1OC(C)(O)O. The normalized spacial score (nSPS) is 15.4. The Morgan fingerprint density at radius 2 is 1.81 bits per heavy atom. The number of aliphatic hydroxyl groups is 3. The highest BCUT2D eigenvalue weighted by Crippen LogP contribution is 2.33. The maximum absolute atomic E-state index is 11.3. The number of benzene rings is 1. The summed E-state index contributed by atoms with van der Waals surface area (Å²) in [5.74, 6) is -3.14. The van der Waals surface area contributed by atoms with E-state index in [9.17, 15) is 23.7 Å². The van der Waals surface area contributed by atoms with E-state index in [2.05, 4.69) is 0 Å². The van der Waals surface area contributed by atoms with E-state index in [0.717, 1.165) is 13.2 Å². The molecule has 0 bridgehead atoms. The van der Waals surface area contributed by atoms with Gasteiger partial charge in [0, 0.05) is 18.7 Å². The molecular formula is C12H19NO7S. The number of rotatable bonds is 6. The zero-order valence-electron chi connectivity index (χ0n) is 11.9. The fourth-order valence-electron chi connectivity index (χ4n) is 1.72. The van der Waals surface area contributed by atoms with Gasteiger partial charge in [0.1, 0.15) is 0 Å². The fourth-order valence-corrected chi connectivity index (χ4v) is 2.68. The van der Waals surface area contributed by atoms with Crippen LogP contribution in [0.2, 0.25) is 0 Å². The molecule has 8 nitrogen and oxygen atoms in total. The highest BCUT2D eigenvalue weighted by atomic mass is 32.2. The molecule has 0 fully saturated rings. The van der Waals surface area contributed by atoms with E-state index < -0.39 is 27.3 Å². The molecule has 9 heteroatoms. The number of hydrogen-bond acceptors (Lipinski definition) is 8. The smallest absolute Gasteiger partial charge is 0.318 e. The zero-order valence-corrected chi connectivity index (χ0v) is 12.7. The van der Waals surface area contributed by atoms with Crippen molar-refractivity contribution in [3.8, 4) is 11.5 Å². The minimum absolute atomic E-state index is 0.0213. The lowest BCUT2D eigenvalue weighted by molar-refractivity contribution is -0.278. The van der Waals surface area contributed by atoms with Crippen molar-refractivity contribution in [3.63, 3.8) is 0 Å². The van der Waals surface area contributed by atoms with Crippen molar-refractivity contribution in [2.45, 2.75) is 18.6 Å². The van der Waals surface area contributed by atoms with Crippen LogP contribution in [0.25, 0.3) is 0 Å². The molecule has 0 saturated heterocycles. The summed E-state index contributed by atoms with van der Waals surface area (Å²) < 4.78 is 32.4. The molecule has 0 amide bonds. The molecule has 5 N–H and O–H groups in total. The van der Waals surface area contributed by atoms with Gasteiger partial charge < -0.3 is 24.8 Å². The quantitative estimate of drug-likeness (QED) is 0.483. The number of nitrogens with two attached hydrogens (primary N) is 1. The van der Waals surface area contributed by atoms with Crippen molar-refractivity contribution in [2.75, 3.05) is 19.1 Å². The van der Waals surface area contributed by atoms with E-state index in [-0.39, 0.29) is 17.1 Å². The minimum atomic E-state index is -3.54. The molecule has 0 aromatic heterocycles. The van der Waals surface area contributed by atoms with Gasteiger partial charge in [-0.3, -0.25) is 5.73 Å². The van der Waals surface area contributed by atoms with E-state index in [0.29, 0.717) is 0 Å². The summed E-state index contributed by atoms with van der Waals surface area (Å²) in [6.07, 6.45) is 0.935.